The van der Waals surface area contributed by atoms with E-state index >= 15 is 0 Å². The minimum atomic E-state index is -0.630. The highest BCUT2D eigenvalue weighted by Gasteiger charge is 2.19. The van der Waals surface area contributed by atoms with E-state index in [4.69, 9.17) is 21.6 Å². The quantitative estimate of drug-likeness (QED) is 0.516. The predicted molar refractivity (Wildman–Crippen MR) is 129 cm³/mol. The first kappa shape index (κ1) is 23.7. The first-order valence-corrected chi connectivity index (χ1v) is 11.4. The molecule has 9 nitrogen and oxygen atoms in total. The molecule has 34 heavy (non-hydrogen) atoms. The molecule has 0 bridgehead atoms. The molecule has 0 aliphatic carbocycles. The molecule has 1 amide bonds. The summed E-state index contributed by atoms with van der Waals surface area (Å²) in [5.74, 6) is 0.152. The maximum absolute atomic E-state index is 12.4. The number of aromatic nitrogens is 4. The lowest BCUT2D eigenvalue weighted by Crippen LogP contribution is -2.33. The molecule has 2 aromatic heterocycles. The van der Waals surface area contributed by atoms with Crippen molar-refractivity contribution in [2.24, 2.45) is 5.41 Å². The Bertz CT molecular complexity index is 1190. The number of carbonyl (C=O) groups is 1. The van der Waals surface area contributed by atoms with Crippen LogP contribution >= 0.6 is 11.6 Å². The van der Waals surface area contributed by atoms with Gasteiger partial charge in [0.1, 0.15) is 0 Å². The third kappa shape index (κ3) is 5.71. The summed E-state index contributed by atoms with van der Waals surface area (Å²) in [6.07, 6.45) is 7.10. The van der Waals surface area contributed by atoms with Crippen molar-refractivity contribution in [3.8, 4) is 17.3 Å². The van der Waals surface area contributed by atoms with E-state index in [9.17, 15) is 4.79 Å². The summed E-state index contributed by atoms with van der Waals surface area (Å²) >= 11 is 6.37. The van der Waals surface area contributed by atoms with Crippen LogP contribution in [0.1, 0.15) is 43.1 Å². The zero-order valence-corrected chi connectivity index (χ0v) is 19.8. The van der Waals surface area contributed by atoms with Gasteiger partial charge in [-0.1, -0.05) is 23.7 Å². The van der Waals surface area contributed by atoms with Gasteiger partial charge in [-0.15, -0.1) is 0 Å². The summed E-state index contributed by atoms with van der Waals surface area (Å²) in [5, 5.41) is 19.9. The van der Waals surface area contributed by atoms with Crippen molar-refractivity contribution in [3.63, 3.8) is 0 Å². The second-order valence-electron chi connectivity index (χ2n) is 8.82. The zero-order valence-electron chi connectivity index (χ0n) is 19.1. The van der Waals surface area contributed by atoms with Crippen LogP contribution in [-0.2, 0) is 4.74 Å². The Morgan fingerprint density at radius 3 is 2.71 bits per heavy atom. The molecule has 0 radical (unpaired) electrons. The molecule has 1 fully saturated rings. The second kappa shape index (κ2) is 10.2. The third-order valence-electron chi connectivity index (χ3n) is 5.58. The van der Waals surface area contributed by atoms with Crippen LogP contribution in [0, 0.1) is 16.7 Å². The summed E-state index contributed by atoms with van der Waals surface area (Å²) in [5.41, 5.74) is 1.94. The Balaban J connectivity index is 1.45. The topological polar surface area (TPSA) is 118 Å². The van der Waals surface area contributed by atoms with E-state index in [1.807, 2.05) is 10.9 Å². The average Bonchev–Trinajstić information content (AvgIpc) is 3.33. The molecule has 0 unspecified atom stereocenters. The van der Waals surface area contributed by atoms with Crippen LogP contribution in [0.4, 0.5) is 11.6 Å². The summed E-state index contributed by atoms with van der Waals surface area (Å²) in [6, 6.07) is 9.46. The molecule has 1 aliphatic rings. The normalized spacial score (nSPS) is 14.4. The molecule has 0 spiro atoms. The van der Waals surface area contributed by atoms with E-state index in [2.05, 4.69) is 31.8 Å². The lowest BCUT2D eigenvalue weighted by molar-refractivity contribution is 0.0662. The van der Waals surface area contributed by atoms with Crippen molar-refractivity contribution < 1.29 is 9.53 Å². The smallest absolute Gasteiger partial charge is 0.251 e. The first-order valence-electron chi connectivity index (χ1n) is 11.1. The van der Waals surface area contributed by atoms with Crippen molar-refractivity contribution >= 4 is 29.1 Å². The van der Waals surface area contributed by atoms with Crippen molar-refractivity contribution in [3.05, 3.63) is 53.4 Å². The van der Waals surface area contributed by atoms with E-state index in [1.165, 1.54) is 0 Å². The molecule has 2 N–H and O–H groups in total. The second-order valence-corrected chi connectivity index (χ2v) is 9.23. The maximum Gasteiger partial charge on any atom is 0.251 e. The standard InChI is InChI=1S/C24H26ClN7O2/c1-24(2,14-26)15-28-22(33)17-5-3-16(4-6-17)21-20(25)12-27-23(31-21)30-18-11-29-32(13-18)19-7-9-34-10-8-19/h3-6,11-13,19H,7-10,15H2,1-2H3,(H,28,33)(H,27,30,31). The van der Waals surface area contributed by atoms with E-state index in [0.29, 0.717) is 28.3 Å². The van der Waals surface area contributed by atoms with Gasteiger partial charge in [0.15, 0.2) is 0 Å². The zero-order chi connectivity index (χ0) is 24.1. The molecule has 176 valence electrons. The number of hydrogen-bond donors (Lipinski definition) is 2. The van der Waals surface area contributed by atoms with Crippen molar-refractivity contribution in [1.82, 2.24) is 25.1 Å². The number of hydrogen-bond acceptors (Lipinski definition) is 7. The van der Waals surface area contributed by atoms with Crippen LogP contribution in [-0.4, -0.2) is 45.4 Å². The Labute approximate surface area is 203 Å². The molecule has 0 atom stereocenters. The minimum Gasteiger partial charge on any atom is -0.381 e. The van der Waals surface area contributed by atoms with Gasteiger partial charge < -0.3 is 15.4 Å². The van der Waals surface area contributed by atoms with Gasteiger partial charge in [-0.2, -0.15) is 10.4 Å². The molecule has 1 saturated heterocycles. The van der Waals surface area contributed by atoms with Crippen LogP contribution in [0.25, 0.3) is 11.3 Å². The number of carbonyl (C=O) groups excluding carboxylic acids is 1. The van der Waals surface area contributed by atoms with Crippen LogP contribution in [0.15, 0.2) is 42.9 Å². The van der Waals surface area contributed by atoms with Gasteiger partial charge in [0.05, 0.1) is 46.3 Å². The largest absolute Gasteiger partial charge is 0.381 e. The number of nitrogens with one attached hydrogen (secondary N) is 2. The molecule has 1 aliphatic heterocycles. The van der Waals surface area contributed by atoms with Gasteiger partial charge >= 0.3 is 0 Å². The van der Waals surface area contributed by atoms with Gasteiger partial charge in [-0.25, -0.2) is 9.97 Å². The van der Waals surface area contributed by atoms with Gasteiger partial charge in [0, 0.05) is 37.1 Å². The third-order valence-corrected chi connectivity index (χ3v) is 5.86. The number of ether oxygens (including phenoxy) is 1. The van der Waals surface area contributed by atoms with Crippen molar-refractivity contribution in [2.45, 2.75) is 32.7 Å². The van der Waals surface area contributed by atoms with E-state index in [1.54, 1.807) is 50.5 Å². The van der Waals surface area contributed by atoms with E-state index < -0.39 is 5.41 Å². The van der Waals surface area contributed by atoms with E-state index in [-0.39, 0.29) is 12.5 Å². The van der Waals surface area contributed by atoms with Crippen molar-refractivity contribution in [2.75, 3.05) is 25.1 Å². The number of halogens is 1. The summed E-state index contributed by atoms with van der Waals surface area (Å²) in [6.45, 7) is 5.30. The number of nitrogens with zero attached hydrogens (tertiary/aromatic N) is 5. The highest BCUT2D eigenvalue weighted by Crippen LogP contribution is 2.28. The number of rotatable bonds is 7. The molecule has 3 heterocycles. The van der Waals surface area contributed by atoms with Crippen LogP contribution in [0.2, 0.25) is 5.02 Å². The van der Waals surface area contributed by atoms with Crippen molar-refractivity contribution in [1.29, 1.82) is 5.26 Å². The fourth-order valence-electron chi connectivity index (χ4n) is 3.53. The lowest BCUT2D eigenvalue weighted by Gasteiger charge is -2.22. The Morgan fingerprint density at radius 1 is 1.26 bits per heavy atom. The molecule has 3 aromatic rings. The highest BCUT2D eigenvalue weighted by atomic mass is 35.5. The number of nitriles is 1. The molecule has 4 rings (SSSR count). The SMILES string of the molecule is CC(C)(C#N)CNC(=O)c1ccc(-c2nc(Nc3cnn(C4CCOCC4)c3)ncc2Cl)cc1. The Morgan fingerprint density at radius 2 is 2.00 bits per heavy atom. The molecular formula is C24H26ClN7O2. The highest BCUT2D eigenvalue weighted by molar-refractivity contribution is 6.32. The monoisotopic (exact) mass is 479 g/mol. The van der Waals surface area contributed by atoms with Gasteiger partial charge in [-0.3, -0.25) is 9.48 Å². The lowest BCUT2D eigenvalue weighted by atomic mass is 9.96. The number of benzene rings is 1. The average molecular weight is 480 g/mol. The summed E-state index contributed by atoms with van der Waals surface area (Å²) in [7, 11) is 0. The first-order chi connectivity index (χ1) is 16.3. The van der Waals surface area contributed by atoms with Gasteiger partial charge in [0.25, 0.3) is 5.91 Å². The fraction of sp³-hybridized carbons (Fsp3) is 0.375. The maximum atomic E-state index is 12.4. The molecule has 0 saturated carbocycles. The van der Waals surface area contributed by atoms with Crippen LogP contribution < -0.4 is 10.6 Å². The van der Waals surface area contributed by atoms with E-state index in [0.717, 1.165) is 37.3 Å². The molecule has 1 aromatic carbocycles. The predicted octanol–water partition coefficient (Wildman–Crippen LogP) is 4.37. The fourth-order valence-corrected chi connectivity index (χ4v) is 3.73. The van der Waals surface area contributed by atoms with Crippen LogP contribution in [0.3, 0.4) is 0 Å². The number of anilines is 2. The minimum absolute atomic E-state index is 0.243. The molecule has 10 heteroatoms. The Kier molecular flexibility index (Phi) is 7.10. The Hall–Kier alpha value is -3.48. The summed E-state index contributed by atoms with van der Waals surface area (Å²) < 4.78 is 7.37. The van der Waals surface area contributed by atoms with Gasteiger partial charge in [-0.05, 0) is 38.8 Å². The summed E-state index contributed by atoms with van der Waals surface area (Å²) in [4.78, 5) is 21.2. The molecular weight excluding hydrogens is 454 g/mol. The van der Waals surface area contributed by atoms with Crippen LogP contribution in [0.5, 0.6) is 0 Å². The number of amides is 1. The van der Waals surface area contributed by atoms with Gasteiger partial charge in [0.2, 0.25) is 5.95 Å².